The van der Waals surface area contributed by atoms with Crippen molar-refractivity contribution >= 4 is 11.8 Å². The molecule has 0 saturated heterocycles. The summed E-state index contributed by atoms with van der Waals surface area (Å²) in [5.74, 6) is -0.448. The molecule has 4 nitrogen and oxygen atoms in total. The van der Waals surface area contributed by atoms with Crippen LogP contribution in [0.15, 0.2) is 12.2 Å². The van der Waals surface area contributed by atoms with Gasteiger partial charge in [-0.25, -0.2) is 0 Å². The Hall–Kier alpha value is -1.16. The highest BCUT2D eigenvalue weighted by Gasteiger charge is 2.25. The van der Waals surface area contributed by atoms with E-state index in [0.29, 0.717) is 6.42 Å². The molecule has 0 bridgehead atoms. The highest BCUT2D eigenvalue weighted by Crippen LogP contribution is 2.16. The van der Waals surface area contributed by atoms with Crippen molar-refractivity contribution in [2.75, 3.05) is 0 Å². The maximum atomic E-state index is 11.5. The lowest BCUT2D eigenvalue weighted by Crippen LogP contribution is -2.33. The van der Waals surface area contributed by atoms with Gasteiger partial charge in [0.1, 0.15) is 6.10 Å². The maximum absolute atomic E-state index is 11.5. The van der Waals surface area contributed by atoms with E-state index in [-0.39, 0.29) is 5.78 Å². The number of hydrogen-bond donors (Lipinski definition) is 0. The third kappa shape index (κ3) is 4.14. The molecule has 0 saturated carbocycles. The zero-order valence-corrected chi connectivity index (χ0v) is 9.77. The molecule has 0 fully saturated rings. The number of unbranched alkanes of at least 4 members (excludes halogenated alkanes) is 2. The van der Waals surface area contributed by atoms with Crippen molar-refractivity contribution in [3.8, 4) is 0 Å². The molecule has 0 aliphatic carbocycles. The Morgan fingerprint density at radius 1 is 1.50 bits per heavy atom. The van der Waals surface area contributed by atoms with Crippen LogP contribution < -0.4 is 0 Å². The molecule has 0 aromatic heterocycles. The Morgan fingerprint density at radius 2 is 2.25 bits per heavy atom. The summed E-state index contributed by atoms with van der Waals surface area (Å²) in [6, 6.07) is 0. The van der Waals surface area contributed by atoms with E-state index in [1.54, 1.807) is 0 Å². The summed E-state index contributed by atoms with van der Waals surface area (Å²) >= 11 is 0. The van der Waals surface area contributed by atoms with Crippen molar-refractivity contribution in [1.82, 2.24) is 0 Å². The fraction of sp³-hybridized carbons (Fsp3) is 0.667. The van der Waals surface area contributed by atoms with Gasteiger partial charge >= 0.3 is 5.97 Å². The quantitative estimate of drug-likeness (QED) is 0.531. The van der Waals surface area contributed by atoms with Crippen LogP contribution in [0, 0.1) is 0 Å². The zero-order chi connectivity index (χ0) is 12.0. The highest BCUT2D eigenvalue weighted by atomic mass is 16.7. The fourth-order valence-electron chi connectivity index (χ4n) is 1.58. The van der Waals surface area contributed by atoms with Crippen molar-refractivity contribution in [2.45, 2.75) is 51.9 Å². The lowest BCUT2D eigenvalue weighted by Gasteiger charge is -2.24. The zero-order valence-electron chi connectivity index (χ0n) is 9.77. The smallest absolute Gasteiger partial charge is 0.305 e. The lowest BCUT2D eigenvalue weighted by atomic mass is 10.1. The first-order valence-corrected chi connectivity index (χ1v) is 5.68. The fourth-order valence-corrected chi connectivity index (χ4v) is 1.58. The molecule has 1 heterocycles. The summed E-state index contributed by atoms with van der Waals surface area (Å²) in [7, 11) is 0. The molecule has 2 atom stereocenters. The van der Waals surface area contributed by atoms with Crippen LogP contribution >= 0.6 is 0 Å². The summed E-state index contributed by atoms with van der Waals surface area (Å²) in [4.78, 5) is 22.2. The van der Waals surface area contributed by atoms with Gasteiger partial charge in [0, 0.05) is 6.92 Å². The molecule has 1 aliphatic heterocycles. The first-order valence-electron chi connectivity index (χ1n) is 5.68. The predicted octanol–water partition coefficient (Wildman–Crippen LogP) is 1.98. The second-order valence-electron chi connectivity index (χ2n) is 3.86. The Morgan fingerprint density at radius 3 is 2.88 bits per heavy atom. The first-order chi connectivity index (χ1) is 7.63. The third-order valence-corrected chi connectivity index (χ3v) is 2.39. The van der Waals surface area contributed by atoms with E-state index in [4.69, 9.17) is 9.47 Å². The molecule has 0 aromatic rings. The Balaban J connectivity index is 2.43. The average Bonchev–Trinajstić information content (AvgIpc) is 2.22. The average molecular weight is 226 g/mol. The van der Waals surface area contributed by atoms with Crippen LogP contribution in [0.25, 0.3) is 0 Å². The molecular weight excluding hydrogens is 208 g/mol. The Bertz CT molecular complexity index is 283. The number of ketones is 1. The standard InChI is InChI=1S/C12H18O4/c1-3-4-5-6-11-10(14)7-8-12(16-11)15-9(2)13/h7-8,11-12H,3-6H2,1-2H3. The van der Waals surface area contributed by atoms with Gasteiger partial charge in [-0.1, -0.05) is 26.2 Å². The van der Waals surface area contributed by atoms with Gasteiger partial charge < -0.3 is 9.47 Å². The van der Waals surface area contributed by atoms with Crippen LogP contribution in [0.3, 0.4) is 0 Å². The SMILES string of the molecule is CCCCCC1OC(OC(C)=O)C=CC1=O. The molecule has 1 rings (SSSR count). The van der Waals surface area contributed by atoms with Crippen molar-refractivity contribution in [3.05, 3.63) is 12.2 Å². The van der Waals surface area contributed by atoms with Gasteiger partial charge in [-0.2, -0.15) is 0 Å². The molecular formula is C12H18O4. The van der Waals surface area contributed by atoms with E-state index >= 15 is 0 Å². The molecule has 2 unspecified atom stereocenters. The molecule has 0 spiro atoms. The van der Waals surface area contributed by atoms with E-state index in [1.807, 2.05) is 0 Å². The van der Waals surface area contributed by atoms with Crippen LogP contribution in [0.1, 0.15) is 39.5 Å². The van der Waals surface area contributed by atoms with Gasteiger partial charge in [0.05, 0.1) is 0 Å². The Kier molecular flexibility index (Phi) is 5.19. The minimum absolute atomic E-state index is 0.0421. The number of rotatable bonds is 5. The normalized spacial score (nSPS) is 24.5. The summed E-state index contributed by atoms with van der Waals surface area (Å²) < 4.78 is 10.3. The summed E-state index contributed by atoms with van der Waals surface area (Å²) in [6.07, 6.45) is 5.57. The highest BCUT2D eigenvalue weighted by molar-refractivity contribution is 5.94. The third-order valence-electron chi connectivity index (χ3n) is 2.39. The first kappa shape index (κ1) is 12.9. The molecule has 0 N–H and O–H groups in total. The second kappa shape index (κ2) is 6.43. The molecule has 0 aromatic carbocycles. The van der Waals surface area contributed by atoms with E-state index in [1.165, 1.54) is 19.1 Å². The largest absolute Gasteiger partial charge is 0.432 e. The van der Waals surface area contributed by atoms with Gasteiger partial charge in [-0.05, 0) is 18.6 Å². The van der Waals surface area contributed by atoms with Crippen LogP contribution in [-0.2, 0) is 19.1 Å². The maximum Gasteiger partial charge on any atom is 0.305 e. The number of carbonyl (C=O) groups excluding carboxylic acids is 2. The molecule has 1 aliphatic rings. The second-order valence-corrected chi connectivity index (χ2v) is 3.86. The van der Waals surface area contributed by atoms with Gasteiger partial charge in [-0.3, -0.25) is 9.59 Å². The van der Waals surface area contributed by atoms with Crippen LogP contribution in [0.2, 0.25) is 0 Å². The van der Waals surface area contributed by atoms with Crippen LogP contribution in [0.5, 0.6) is 0 Å². The molecule has 4 heteroatoms. The molecule has 0 radical (unpaired) electrons. The van der Waals surface area contributed by atoms with Crippen molar-refractivity contribution in [1.29, 1.82) is 0 Å². The van der Waals surface area contributed by atoms with Gasteiger partial charge in [-0.15, -0.1) is 0 Å². The number of esters is 1. The van der Waals surface area contributed by atoms with Gasteiger partial charge in [0.25, 0.3) is 0 Å². The van der Waals surface area contributed by atoms with Crippen molar-refractivity contribution in [2.24, 2.45) is 0 Å². The minimum atomic E-state index is -0.707. The van der Waals surface area contributed by atoms with Gasteiger partial charge in [0.2, 0.25) is 6.29 Å². The predicted molar refractivity (Wildman–Crippen MR) is 58.7 cm³/mol. The van der Waals surface area contributed by atoms with E-state index in [0.717, 1.165) is 19.3 Å². The van der Waals surface area contributed by atoms with Crippen LogP contribution in [-0.4, -0.2) is 24.1 Å². The van der Waals surface area contributed by atoms with Crippen LogP contribution in [0.4, 0.5) is 0 Å². The minimum Gasteiger partial charge on any atom is -0.432 e. The lowest BCUT2D eigenvalue weighted by molar-refractivity contribution is -0.180. The topological polar surface area (TPSA) is 52.6 Å². The van der Waals surface area contributed by atoms with E-state index in [2.05, 4.69) is 6.92 Å². The van der Waals surface area contributed by atoms with Crippen molar-refractivity contribution < 1.29 is 19.1 Å². The summed E-state index contributed by atoms with van der Waals surface area (Å²) in [5.41, 5.74) is 0. The Labute approximate surface area is 95.6 Å². The van der Waals surface area contributed by atoms with E-state index < -0.39 is 18.4 Å². The molecule has 0 amide bonds. The number of ether oxygens (including phenoxy) is 2. The summed E-state index contributed by atoms with van der Waals surface area (Å²) in [6.45, 7) is 3.42. The van der Waals surface area contributed by atoms with Crippen molar-refractivity contribution in [3.63, 3.8) is 0 Å². The molecule has 90 valence electrons. The monoisotopic (exact) mass is 226 g/mol. The van der Waals surface area contributed by atoms with Gasteiger partial charge in [0.15, 0.2) is 5.78 Å². The number of hydrogen-bond acceptors (Lipinski definition) is 4. The summed E-state index contributed by atoms with van der Waals surface area (Å²) in [5, 5.41) is 0. The molecule has 16 heavy (non-hydrogen) atoms. The number of carbonyl (C=O) groups is 2. The van der Waals surface area contributed by atoms with E-state index in [9.17, 15) is 9.59 Å².